The van der Waals surface area contributed by atoms with Gasteiger partial charge in [-0.05, 0) is 55.0 Å². The van der Waals surface area contributed by atoms with Gasteiger partial charge >= 0.3 is 6.03 Å². The molecule has 7 nitrogen and oxygen atoms in total. The number of nitrogens with one attached hydrogen (secondary N) is 3. The largest absolute Gasteiger partial charge is 0.326 e. The van der Waals surface area contributed by atoms with E-state index in [4.69, 9.17) is 11.6 Å². The second-order valence-corrected chi connectivity index (χ2v) is 9.58. The number of sulfone groups is 1. The number of hydrogen-bond acceptors (Lipinski definition) is 4. The van der Waals surface area contributed by atoms with Crippen LogP contribution in [-0.4, -0.2) is 32.7 Å². The Balaban J connectivity index is 1.62. The van der Waals surface area contributed by atoms with Crippen molar-refractivity contribution in [3.8, 4) is 11.1 Å². The number of anilines is 2. The SMILES string of the molecule is C[C@@H](NC(=O)Nc1ccc(Cl)cc1)C(=O)Nc1ccc(-c2ccccc2S(C)(=O)=O)cc1. The molecule has 9 heteroatoms. The Morgan fingerprint density at radius 3 is 2.03 bits per heavy atom. The zero-order valence-electron chi connectivity index (χ0n) is 17.4. The molecule has 0 aliphatic rings. The molecule has 3 amide bonds. The summed E-state index contributed by atoms with van der Waals surface area (Å²) in [7, 11) is -3.38. The highest BCUT2D eigenvalue weighted by molar-refractivity contribution is 7.90. The predicted molar refractivity (Wildman–Crippen MR) is 127 cm³/mol. The van der Waals surface area contributed by atoms with E-state index in [1.54, 1.807) is 79.7 Å². The molecule has 3 rings (SSSR count). The quantitative estimate of drug-likeness (QED) is 0.490. The van der Waals surface area contributed by atoms with Crippen molar-refractivity contribution in [1.29, 1.82) is 0 Å². The van der Waals surface area contributed by atoms with E-state index in [-0.39, 0.29) is 4.90 Å². The average molecular weight is 472 g/mol. The lowest BCUT2D eigenvalue weighted by molar-refractivity contribution is -0.117. The number of halogens is 1. The molecule has 166 valence electrons. The summed E-state index contributed by atoms with van der Waals surface area (Å²) in [5.74, 6) is -0.402. The Morgan fingerprint density at radius 2 is 1.41 bits per heavy atom. The molecule has 3 aromatic rings. The Kier molecular flexibility index (Phi) is 7.17. The minimum Gasteiger partial charge on any atom is -0.326 e. The maximum Gasteiger partial charge on any atom is 0.319 e. The standard InChI is InChI=1S/C23H22ClN3O4S/c1-15(25-23(29)27-19-13-9-17(24)10-14-19)22(28)26-18-11-7-16(8-12-18)20-5-3-4-6-21(20)32(2,30)31/h3-15H,1-2H3,(H,26,28)(H2,25,27,29)/t15-/m1/s1. The Labute approximate surface area is 191 Å². The summed E-state index contributed by atoms with van der Waals surface area (Å²) in [5.41, 5.74) is 2.35. The van der Waals surface area contributed by atoms with Gasteiger partial charge in [-0.3, -0.25) is 4.79 Å². The van der Waals surface area contributed by atoms with Crippen molar-refractivity contribution in [1.82, 2.24) is 5.32 Å². The van der Waals surface area contributed by atoms with Crippen molar-refractivity contribution in [3.63, 3.8) is 0 Å². The molecule has 0 unspecified atom stereocenters. The van der Waals surface area contributed by atoms with Crippen LogP contribution in [0.5, 0.6) is 0 Å². The summed E-state index contributed by atoms with van der Waals surface area (Å²) < 4.78 is 24.1. The van der Waals surface area contributed by atoms with Crippen molar-refractivity contribution in [2.75, 3.05) is 16.9 Å². The zero-order chi connectivity index (χ0) is 23.3. The van der Waals surface area contributed by atoms with Crippen LogP contribution in [0, 0.1) is 0 Å². The fourth-order valence-corrected chi connectivity index (χ4v) is 4.01. The summed E-state index contributed by atoms with van der Waals surface area (Å²) in [6.45, 7) is 1.56. The van der Waals surface area contributed by atoms with Gasteiger partial charge in [0.05, 0.1) is 4.90 Å². The Morgan fingerprint density at radius 1 is 0.844 bits per heavy atom. The summed E-state index contributed by atoms with van der Waals surface area (Å²) in [4.78, 5) is 24.8. The minimum atomic E-state index is -3.38. The number of amides is 3. The molecule has 32 heavy (non-hydrogen) atoms. The molecule has 0 aliphatic heterocycles. The van der Waals surface area contributed by atoms with E-state index in [9.17, 15) is 18.0 Å². The van der Waals surface area contributed by atoms with E-state index >= 15 is 0 Å². The highest BCUT2D eigenvalue weighted by Gasteiger charge is 2.17. The zero-order valence-corrected chi connectivity index (χ0v) is 19.0. The highest BCUT2D eigenvalue weighted by Crippen LogP contribution is 2.28. The average Bonchev–Trinajstić information content (AvgIpc) is 2.75. The number of hydrogen-bond donors (Lipinski definition) is 3. The third-order valence-corrected chi connectivity index (χ3v) is 6.00. The first kappa shape index (κ1) is 23.3. The van der Waals surface area contributed by atoms with Crippen LogP contribution in [0.3, 0.4) is 0 Å². The molecule has 3 N–H and O–H groups in total. The third-order valence-electron chi connectivity index (χ3n) is 4.59. The molecule has 0 spiro atoms. The van der Waals surface area contributed by atoms with E-state index in [1.165, 1.54) is 0 Å². The molecular formula is C23H22ClN3O4S. The van der Waals surface area contributed by atoms with Crippen molar-refractivity contribution in [2.45, 2.75) is 17.9 Å². The highest BCUT2D eigenvalue weighted by atomic mass is 35.5. The molecule has 0 fully saturated rings. The van der Waals surface area contributed by atoms with E-state index in [0.29, 0.717) is 27.5 Å². The van der Waals surface area contributed by atoms with Crippen LogP contribution < -0.4 is 16.0 Å². The second kappa shape index (κ2) is 9.84. The van der Waals surface area contributed by atoms with Crippen molar-refractivity contribution < 1.29 is 18.0 Å². The maximum atomic E-state index is 12.4. The molecule has 3 aromatic carbocycles. The molecule has 0 radical (unpaired) electrons. The molecule has 0 saturated heterocycles. The molecule has 0 saturated carbocycles. The lowest BCUT2D eigenvalue weighted by Crippen LogP contribution is -2.43. The first-order valence-electron chi connectivity index (χ1n) is 9.67. The molecule has 0 aromatic heterocycles. The van der Waals surface area contributed by atoms with Crippen molar-refractivity contribution in [2.24, 2.45) is 0 Å². The van der Waals surface area contributed by atoms with Gasteiger partial charge in [-0.1, -0.05) is 41.9 Å². The van der Waals surface area contributed by atoms with Gasteiger partial charge < -0.3 is 16.0 Å². The number of rotatable bonds is 6. The first-order chi connectivity index (χ1) is 15.1. The Bertz CT molecular complexity index is 1230. The van der Waals surface area contributed by atoms with E-state index in [2.05, 4.69) is 16.0 Å². The first-order valence-corrected chi connectivity index (χ1v) is 11.9. The summed E-state index contributed by atoms with van der Waals surface area (Å²) >= 11 is 5.82. The van der Waals surface area contributed by atoms with Crippen LogP contribution in [0.2, 0.25) is 5.02 Å². The number of carbonyl (C=O) groups is 2. The molecule has 0 bridgehead atoms. The van der Waals surface area contributed by atoms with E-state index < -0.39 is 27.8 Å². The van der Waals surface area contributed by atoms with Crippen LogP contribution in [0.1, 0.15) is 6.92 Å². The lowest BCUT2D eigenvalue weighted by atomic mass is 10.1. The van der Waals surface area contributed by atoms with Gasteiger partial charge in [-0.25, -0.2) is 13.2 Å². The topological polar surface area (TPSA) is 104 Å². The van der Waals surface area contributed by atoms with Crippen LogP contribution in [-0.2, 0) is 14.6 Å². The number of urea groups is 1. The van der Waals surface area contributed by atoms with Gasteiger partial charge in [0.15, 0.2) is 9.84 Å². The van der Waals surface area contributed by atoms with Gasteiger partial charge in [0, 0.05) is 28.2 Å². The van der Waals surface area contributed by atoms with Gasteiger partial charge in [-0.15, -0.1) is 0 Å². The second-order valence-electron chi connectivity index (χ2n) is 7.16. The van der Waals surface area contributed by atoms with Gasteiger partial charge in [-0.2, -0.15) is 0 Å². The van der Waals surface area contributed by atoms with Gasteiger partial charge in [0.2, 0.25) is 5.91 Å². The van der Waals surface area contributed by atoms with Gasteiger partial charge in [0.25, 0.3) is 0 Å². The monoisotopic (exact) mass is 471 g/mol. The van der Waals surface area contributed by atoms with Gasteiger partial charge in [0.1, 0.15) is 6.04 Å². The normalized spacial score (nSPS) is 12.0. The lowest BCUT2D eigenvalue weighted by Gasteiger charge is -2.15. The number of benzene rings is 3. The van der Waals surface area contributed by atoms with E-state index in [1.807, 2.05) is 0 Å². The molecule has 0 heterocycles. The summed E-state index contributed by atoms with van der Waals surface area (Å²) in [6.07, 6.45) is 1.16. The number of carbonyl (C=O) groups excluding carboxylic acids is 2. The fourth-order valence-electron chi connectivity index (χ4n) is 2.97. The van der Waals surface area contributed by atoms with Crippen molar-refractivity contribution >= 4 is 44.8 Å². The van der Waals surface area contributed by atoms with Crippen LogP contribution in [0.15, 0.2) is 77.7 Å². The smallest absolute Gasteiger partial charge is 0.319 e. The Hall–Kier alpha value is -3.36. The minimum absolute atomic E-state index is 0.237. The van der Waals surface area contributed by atoms with Crippen LogP contribution in [0.25, 0.3) is 11.1 Å². The van der Waals surface area contributed by atoms with Crippen molar-refractivity contribution in [3.05, 3.63) is 77.8 Å². The predicted octanol–water partition coefficient (Wildman–Crippen LogP) is 4.56. The fraction of sp³-hybridized carbons (Fsp3) is 0.130. The maximum absolute atomic E-state index is 12.4. The van der Waals surface area contributed by atoms with Crippen LogP contribution in [0.4, 0.5) is 16.2 Å². The molecular weight excluding hydrogens is 450 g/mol. The molecule has 1 atom stereocenters. The summed E-state index contributed by atoms with van der Waals surface area (Å²) in [5, 5.41) is 8.46. The van der Waals surface area contributed by atoms with Crippen LogP contribution >= 0.6 is 11.6 Å². The third kappa shape index (κ3) is 6.09. The molecule has 0 aliphatic carbocycles. The summed E-state index contributed by atoms with van der Waals surface area (Å²) in [6, 6.07) is 18.8. The van der Waals surface area contributed by atoms with E-state index in [0.717, 1.165) is 6.26 Å².